The molecule has 0 radical (unpaired) electrons. The molecule has 1 amide bonds. The van der Waals surface area contributed by atoms with Gasteiger partial charge in [0.15, 0.2) is 0 Å². The molecule has 2 heterocycles. The summed E-state index contributed by atoms with van der Waals surface area (Å²) in [7, 11) is 0. The zero-order valence-corrected chi connectivity index (χ0v) is 15.3. The van der Waals surface area contributed by atoms with Gasteiger partial charge in [-0.25, -0.2) is 0 Å². The van der Waals surface area contributed by atoms with Crippen LogP contribution in [-0.2, 0) is 16.0 Å². The summed E-state index contributed by atoms with van der Waals surface area (Å²) in [6.45, 7) is 5.35. The van der Waals surface area contributed by atoms with Crippen molar-refractivity contribution in [3.63, 3.8) is 0 Å². The van der Waals surface area contributed by atoms with Crippen LogP contribution in [0.1, 0.15) is 44.2 Å². The van der Waals surface area contributed by atoms with Crippen LogP contribution in [-0.4, -0.2) is 35.8 Å². The molecule has 3 N–H and O–H groups in total. The number of nitrogens with one attached hydrogen (secondary N) is 1. The van der Waals surface area contributed by atoms with Gasteiger partial charge in [-0.2, -0.15) is 4.98 Å². The smallest absolute Gasteiger partial charge is 0.249 e. The molecule has 1 aromatic heterocycles. The molecular weight excluding hydrogens is 332 g/mol. The first kappa shape index (κ1) is 18.5. The molecule has 1 aliphatic rings. The van der Waals surface area contributed by atoms with E-state index in [1.54, 1.807) is 0 Å². The minimum absolute atomic E-state index is 0.0807. The van der Waals surface area contributed by atoms with Crippen LogP contribution in [0, 0.1) is 5.41 Å². The molecule has 1 unspecified atom stereocenters. The van der Waals surface area contributed by atoms with Gasteiger partial charge in [-0.05, 0) is 31.7 Å². The number of benzene rings is 1. The molecular formula is C19H26N4O3. The van der Waals surface area contributed by atoms with Gasteiger partial charge in [0.05, 0.1) is 5.41 Å². The largest absolute Gasteiger partial charge is 0.381 e. The molecule has 0 bridgehead atoms. The molecule has 140 valence electrons. The Morgan fingerprint density at radius 3 is 2.62 bits per heavy atom. The van der Waals surface area contributed by atoms with Gasteiger partial charge < -0.3 is 20.3 Å². The summed E-state index contributed by atoms with van der Waals surface area (Å²) in [5, 5.41) is 7.01. The molecule has 0 aliphatic carbocycles. The van der Waals surface area contributed by atoms with Gasteiger partial charge in [-0.3, -0.25) is 4.79 Å². The van der Waals surface area contributed by atoms with Gasteiger partial charge in [-0.15, -0.1) is 0 Å². The summed E-state index contributed by atoms with van der Waals surface area (Å²) in [4.78, 5) is 17.2. The lowest BCUT2D eigenvalue weighted by atomic mass is 9.79. The molecule has 1 atom stereocenters. The molecule has 2 aromatic rings. The van der Waals surface area contributed by atoms with Crippen LogP contribution in [0.3, 0.4) is 0 Å². The predicted octanol–water partition coefficient (Wildman–Crippen LogP) is 2.23. The average Bonchev–Trinajstić information content (AvgIpc) is 3.19. The molecule has 7 nitrogen and oxygen atoms in total. The van der Waals surface area contributed by atoms with Crippen molar-refractivity contribution in [2.45, 2.75) is 39.2 Å². The second kappa shape index (κ2) is 7.97. The number of nitrogens with zero attached hydrogens (tertiary/aromatic N) is 2. The third-order valence-corrected chi connectivity index (χ3v) is 5.10. The number of hydrogen-bond donors (Lipinski definition) is 2. The first-order valence-electron chi connectivity index (χ1n) is 9.09. The Kier molecular flexibility index (Phi) is 5.68. The standard InChI is InChI=1S/C19H26N4O3/c1-3-14-4-6-15(7-5-14)16-22-17(26-23-16)13(2)21-18(24)19(12-20)8-10-25-11-9-19/h4-7,13H,3,8-12,20H2,1-2H3,(H,21,24). The topological polar surface area (TPSA) is 103 Å². The van der Waals surface area contributed by atoms with E-state index in [4.69, 9.17) is 15.0 Å². The Bertz CT molecular complexity index is 735. The fourth-order valence-corrected chi connectivity index (χ4v) is 3.12. The zero-order chi connectivity index (χ0) is 18.6. The highest BCUT2D eigenvalue weighted by Crippen LogP contribution is 2.30. The van der Waals surface area contributed by atoms with E-state index in [1.165, 1.54) is 5.56 Å². The first-order valence-corrected chi connectivity index (χ1v) is 9.09. The Labute approximate surface area is 153 Å². The predicted molar refractivity (Wildman–Crippen MR) is 97.2 cm³/mol. The van der Waals surface area contributed by atoms with E-state index in [2.05, 4.69) is 22.4 Å². The van der Waals surface area contributed by atoms with Crippen LogP contribution in [0.5, 0.6) is 0 Å². The van der Waals surface area contributed by atoms with Crippen molar-refractivity contribution in [2.75, 3.05) is 19.8 Å². The maximum atomic E-state index is 12.7. The van der Waals surface area contributed by atoms with Crippen molar-refractivity contribution in [1.29, 1.82) is 0 Å². The van der Waals surface area contributed by atoms with Gasteiger partial charge in [0, 0.05) is 25.3 Å². The van der Waals surface area contributed by atoms with Gasteiger partial charge in [0.1, 0.15) is 6.04 Å². The van der Waals surface area contributed by atoms with Crippen LogP contribution >= 0.6 is 0 Å². The average molecular weight is 358 g/mol. The number of ether oxygens (including phenoxy) is 1. The lowest BCUT2D eigenvalue weighted by Gasteiger charge is -2.35. The van der Waals surface area contributed by atoms with Gasteiger partial charge in [-0.1, -0.05) is 36.3 Å². The monoisotopic (exact) mass is 358 g/mol. The summed E-state index contributed by atoms with van der Waals surface area (Å²) in [6, 6.07) is 7.66. The van der Waals surface area contributed by atoms with Gasteiger partial charge >= 0.3 is 0 Å². The zero-order valence-electron chi connectivity index (χ0n) is 15.3. The summed E-state index contributed by atoms with van der Waals surface area (Å²) < 4.78 is 10.7. The van der Waals surface area contributed by atoms with Gasteiger partial charge in [0.25, 0.3) is 0 Å². The third-order valence-electron chi connectivity index (χ3n) is 5.10. The highest BCUT2D eigenvalue weighted by atomic mass is 16.5. The highest BCUT2D eigenvalue weighted by Gasteiger charge is 2.39. The van der Waals surface area contributed by atoms with E-state index in [-0.39, 0.29) is 11.9 Å². The van der Waals surface area contributed by atoms with Crippen molar-refractivity contribution in [3.8, 4) is 11.4 Å². The van der Waals surface area contributed by atoms with Crippen molar-refractivity contribution in [2.24, 2.45) is 11.1 Å². The lowest BCUT2D eigenvalue weighted by molar-refractivity contribution is -0.136. The second-order valence-corrected chi connectivity index (χ2v) is 6.80. The van der Waals surface area contributed by atoms with E-state index in [1.807, 2.05) is 31.2 Å². The van der Waals surface area contributed by atoms with Gasteiger partial charge in [0.2, 0.25) is 17.6 Å². The number of rotatable bonds is 6. The third kappa shape index (κ3) is 3.78. The number of nitrogens with two attached hydrogens (primary N) is 1. The Morgan fingerprint density at radius 1 is 1.31 bits per heavy atom. The summed E-state index contributed by atoms with van der Waals surface area (Å²) in [5.74, 6) is 0.818. The van der Waals surface area contributed by atoms with E-state index in [9.17, 15) is 4.79 Å². The minimum Gasteiger partial charge on any atom is -0.381 e. The van der Waals surface area contributed by atoms with Crippen molar-refractivity contribution in [1.82, 2.24) is 15.5 Å². The molecule has 1 fully saturated rings. The molecule has 7 heteroatoms. The van der Waals surface area contributed by atoms with Crippen LogP contribution < -0.4 is 11.1 Å². The number of carbonyl (C=O) groups is 1. The fourth-order valence-electron chi connectivity index (χ4n) is 3.12. The molecule has 3 rings (SSSR count). The Hall–Kier alpha value is -2.25. The maximum absolute atomic E-state index is 12.7. The molecule has 0 saturated carbocycles. The van der Waals surface area contributed by atoms with Crippen LogP contribution in [0.4, 0.5) is 0 Å². The Morgan fingerprint density at radius 2 is 2.00 bits per heavy atom. The van der Waals surface area contributed by atoms with Crippen LogP contribution in [0.15, 0.2) is 28.8 Å². The molecule has 1 saturated heterocycles. The summed E-state index contributed by atoms with van der Waals surface area (Å²) >= 11 is 0. The fraction of sp³-hybridized carbons (Fsp3) is 0.526. The SMILES string of the molecule is CCc1ccc(-c2noc(C(C)NC(=O)C3(CN)CCOCC3)n2)cc1. The van der Waals surface area contributed by atoms with E-state index < -0.39 is 5.41 Å². The number of amides is 1. The minimum atomic E-state index is -0.578. The van der Waals surface area contributed by atoms with Crippen molar-refractivity contribution < 1.29 is 14.1 Å². The van der Waals surface area contributed by atoms with E-state index in [0.29, 0.717) is 44.3 Å². The number of aryl methyl sites for hydroxylation is 1. The first-order chi connectivity index (χ1) is 12.6. The molecule has 26 heavy (non-hydrogen) atoms. The molecule has 0 spiro atoms. The number of hydrogen-bond acceptors (Lipinski definition) is 6. The van der Waals surface area contributed by atoms with Crippen molar-refractivity contribution in [3.05, 3.63) is 35.7 Å². The van der Waals surface area contributed by atoms with Crippen LogP contribution in [0.25, 0.3) is 11.4 Å². The van der Waals surface area contributed by atoms with Crippen LogP contribution in [0.2, 0.25) is 0 Å². The maximum Gasteiger partial charge on any atom is 0.249 e. The quantitative estimate of drug-likeness (QED) is 0.821. The van der Waals surface area contributed by atoms with Crippen molar-refractivity contribution >= 4 is 5.91 Å². The summed E-state index contributed by atoms with van der Waals surface area (Å²) in [6.07, 6.45) is 2.23. The second-order valence-electron chi connectivity index (χ2n) is 6.80. The summed E-state index contributed by atoms with van der Waals surface area (Å²) in [5.41, 5.74) is 7.45. The highest BCUT2D eigenvalue weighted by molar-refractivity contribution is 5.83. The van der Waals surface area contributed by atoms with E-state index in [0.717, 1.165) is 12.0 Å². The number of aromatic nitrogens is 2. The molecule has 1 aromatic carbocycles. The lowest BCUT2D eigenvalue weighted by Crippen LogP contribution is -2.49. The normalized spacial score (nSPS) is 17.7. The van der Waals surface area contributed by atoms with E-state index >= 15 is 0 Å². The number of carbonyl (C=O) groups excluding carboxylic acids is 1. The Balaban J connectivity index is 1.69. The molecule has 1 aliphatic heterocycles.